The minimum absolute atomic E-state index is 0.206. The molecule has 2 N–H and O–H groups in total. The summed E-state index contributed by atoms with van der Waals surface area (Å²) in [4.78, 5) is 50.7. The maximum absolute atomic E-state index is 13.2. The molecular weight excluding hydrogens is 398 g/mol. The van der Waals surface area contributed by atoms with Crippen molar-refractivity contribution in [2.75, 3.05) is 13.7 Å². The van der Waals surface area contributed by atoms with Crippen LogP contribution in [0.3, 0.4) is 0 Å². The molecule has 2 aromatic rings. The van der Waals surface area contributed by atoms with Crippen LogP contribution in [0.1, 0.15) is 39.9 Å². The maximum Gasteiger partial charge on any atom is 0.337 e. The number of esters is 1. The average molecular weight is 421 g/mol. The molecule has 31 heavy (non-hydrogen) atoms. The Labute approximate surface area is 179 Å². The average Bonchev–Trinajstić information content (AvgIpc) is 3.02. The summed E-state index contributed by atoms with van der Waals surface area (Å²) >= 11 is 0. The number of nitrogens with zero attached hydrogens (tertiary/aromatic N) is 1. The third-order valence-corrected chi connectivity index (χ3v) is 5.82. The molecule has 1 aliphatic carbocycles. The van der Waals surface area contributed by atoms with Gasteiger partial charge in [-0.15, -0.1) is 0 Å². The third-order valence-electron chi connectivity index (χ3n) is 5.82. The van der Waals surface area contributed by atoms with Crippen LogP contribution >= 0.6 is 0 Å². The first kappa shape index (κ1) is 20.6. The van der Waals surface area contributed by atoms with E-state index in [2.05, 4.69) is 15.4 Å². The Morgan fingerprint density at radius 2 is 1.87 bits per heavy atom. The molecule has 0 radical (unpaired) electrons. The van der Waals surface area contributed by atoms with Crippen LogP contribution in [0.2, 0.25) is 0 Å². The summed E-state index contributed by atoms with van der Waals surface area (Å²) in [6, 6.07) is 13.7. The number of fused-ring (bicyclic) bond motifs is 2. The van der Waals surface area contributed by atoms with E-state index in [1.165, 1.54) is 7.11 Å². The zero-order chi connectivity index (χ0) is 22.0. The molecule has 4 amide bonds. The molecule has 2 aliphatic rings. The lowest BCUT2D eigenvalue weighted by atomic mass is 9.76. The SMILES string of the molecule is COC(=O)c1ccc(CNC(=O)CN2C(=O)N[C@@]3(CCCc4ccccc43)C2=O)cc1. The van der Waals surface area contributed by atoms with E-state index in [0.29, 0.717) is 12.0 Å². The van der Waals surface area contributed by atoms with Crippen LogP contribution in [0.25, 0.3) is 0 Å². The van der Waals surface area contributed by atoms with Crippen LogP contribution in [0.5, 0.6) is 0 Å². The number of hydrogen-bond donors (Lipinski definition) is 2. The molecule has 0 unspecified atom stereocenters. The van der Waals surface area contributed by atoms with Gasteiger partial charge >= 0.3 is 12.0 Å². The number of aryl methyl sites for hydroxylation is 1. The summed E-state index contributed by atoms with van der Waals surface area (Å²) in [5.74, 6) is -1.27. The number of benzene rings is 2. The van der Waals surface area contributed by atoms with Crippen LogP contribution in [0.15, 0.2) is 48.5 Å². The number of imide groups is 1. The van der Waals surface area contributed by atoms with Crippen molar-refractivity contribution in [3.63, 3.8) is 0 Å². The number of methoxy groups -OCH3 is 1. The normalized spacial score (nSPS) is 19.7. The molecule has 160 valence electrons. The molecule has 2 aromatic carbocycles. The number of carbonyl (C=O) groups excluding carboxylic acids is 4. The topological polar surface area (TPSA) is 105 Å². The highest BCUT2D eigenvalue weighted by Crippen LogP contribution is 2.39. The molecule has 1 aliphatic heterocycles. The molecule has 0 saturated carbocycles. The van der Waals surface area contributed by atoms with Crippen LogP contribution in [0.4, 0.5) is 4.79 Å². The number of amides is 4. The van der Waals surface area contributed by atoms with Crippen molar-refractivity contribution in [1.82, 2.24) is 15.5 Å². The zero-order valence-corrected chi connectivity index (χ0v) is 17.1. The van der Waals surface area contributed by atoms with Gasteiger partial charge in [0.25, 0.3) is 5.91 Å². The summed E-state index contributed by atoms with van der Waals surface area (Å²) in [6.07, 6.45) is 2.15. The highest BCUT2D eigenvalue weighted by Gasteiger charge is 2.54. The first-order valence-electron chi connectivity index (χ1n) is 10.1. The molecule has 1 fully saturated rings. The van der Waals surface area contributed by atoms with E-state index in [1.54, 1.807) is 24.3 Å². The second-order valence-corrected chi connectivity index (χ2v) is 7.70. The maximum atomic E-state index is 13.2. The Balaban J connectivity index is 1.41. The van der Waals surface area contributed by atoms with E-state index in [0.717, 1.165) is 34.4 Å². The lowest BCUT2D eigenvalue weighted by molar-refractivity contribution is -0.135. The smallest absolute Gasteiger partial charge is 0.337 e. The first-order valence-corrected chi connectivity index (χ1v) is 10.1. The fraction of sp³-hybridized carbons (Fsp3) is 0.304. The standard InChI is InChI=1S/C23H23N3O5/c1-31-20(28)17-10-8-15(9-11-17)13-24-19(27)14-26-21(29)23(25-22(26)30)12-4-6-16-5-2-3-7-18(16)23/h2-3,5,7-11H,4,6,12-14H2,1H3,(H,24,27)(H,25,30)/t23-/m1/s1. The number of nitrogens with one attached hydrogen (secondary N) is 2. The van der Waals surface area contributed by atoms with Crippen molar-refractivity contribution >= 4 is 23.8 Å². The highest BCUT2D eigenvalue weighted by molar-refractivity contribution is 6.09. The van der Waals surface area contributed by atoms with Gasteiger partial charge in [-0.05, 0) is 48.1 Å². The molecule has 1 heterocycles. The Bertz CT molecular complexity index is 1050. The number of carbonyl (C=O) groups is 4. The monoisotopic (exact) mass is 421 g/mol. The van der Waals surface area contributed by atoms with Crippen LogP contribution in [-0.4, -0.2) is 42.4 Å². The van der Waals surface area contributed by atoms with Gasteiger partial charge in [0, 0.05) is 6.54 Å². The van der Waals surface area contributed by atoms with Crippen molar-refractivity contribution in [1.29, 1.82) is 0 Å². The fourth-order valence-corrected chi connectivity index (χ4v) is 4.23. The zero-order valence-electron chi connectivity index (χ0n) is 17.1. The largest absolute Gasteiger partial charge is 0.465 e. The summed E-state index contributed by atoms with van der Waals surface area (Å²) in [7, 11) is 1.31. The second kappa shape index (κ2) is 8.22. The van der Waals surface area contributed by atoms with Crippen LogP contribution in [0, 0.1) is 0 Å². The van der Waals surface area contributed by atoms with Gasteiger partial charge in [-0.25, -0.2) is 9.59 Å². The summed E-state index contributed by atoms with van der Waals surface area (Å²) in [6.45, 7) is -0.146. The van der Waals surface area contributed by atoms with E-state index in [9.17, 15) is 19.2 Å². The van der Waals surface area contributed by atoms with Crippen molar-refractivity contribution in [3.8, 4) is 0 Å². The Morgan fingerprint density at radius 1 is 1.13 bits per heavy atom. The lowest BCUT2D eigenvalue weighted by Crippen LogP contribution is -2.47. The van der Waals surface area contributed by atoms with E-state index in [1.807, 2.05) is 24.3 Å². The van der Waals surface area contributed by atoms with E-state index >= 15 is 0 Å². The van der Waals surface area contributed by atoms with Gasteiger partial charge in [-0.3, -0.25) is 14.5 Å². The van der Waals surface area contributed by atoms with Gasteiger partial charge in [0.05, 0.1) is 12.7 Å². The fourth-order valence-electron chi connectivity index (χ4n) is 4.23. The minimum Gasteiger partial charge on any atom is -0.465 e. The minimum atomic E-state index is -1.09. The highest BCUT2D eigenvalue weighted by atomic mass is 16.5. The first-order chi connectivity index (χ1) is 14.9. The molecule has 8 heteroatoms. The Kier molecular flexibility index (Phi) is 5.46. The third kappa shape index (κ3) is 3.76. The predicted octanol–water partition coefficient (Wildman–Crippen LogP) is 1.87. The Hall–Kier alpha value is -3.68. The number of urea groups is 1. The van der Waals surface area contributed by atoms with Crippen LogP contribution in [-0.2, 0) is 32.8 Å². The molecule has 0 bridgehead atoms. The van der Waals surface area contributed by atoms with E-state index in [-0.39, 0.29) is 19.0 Å². The van der Waals surface area contributed by atoms with Crippen LogP contribution < -0.4 is 10.6 Å². The molecule has 1 atom stereocenters. The van der Waals surface area contributed by atoms with Gasteiger partial charge in [0.1, 0.15) is 12.1 Å². The van der Waals surface area contributed by atoms with E-state index in [4.69, 9.17) is 0 Å². The Morgan fingerprint density at radius 3 is 2.61 bits per heavy atom. The van der Waals surface area contributed by atoms with Gasteiger partial charge in [-0.2, -0.15) is 0 Å². The van der Waals surface area contributed by atoms with Gasteiger partial charge in [0.15, 0.2) is 0 Å². The summed E-state index contributed by atoms with van der Waals surface area (Å²) in [5, 5.41) is 5.55. The van der Waals surface area contributed by atoms with Gasteiger partial charge in [-0.1, -0.05) is 36.4 Å². The molecule has 1 saturated heterocycles. The lowest BCUT2D eigenvalue weighted by Gasteiger charge is -2.33. The molecule has 4 rings (SSSR count). The second-order valence-electron chi connectivity index (χ2n) is 7.70. The molecular formula is C23H23N3O5. The number of rotatable bonds is 5. The number of hydrogen-bond acceptors (Lipinski definition) is 5. The molecule has 8 nitrogen and oxygen atoms in total. The number of ether oxygens (including phenoxy) is 1. The molecule has 1 spiro atoms. The van der Waals surface area contributed by atoms with Crippen molar-refractivity contribution in [3.05, 3.63) is 70.8 Å². The molecule has 0 aromatic heterocycles. The van der Waals surface area contributed by atoms with Crippen molar-refractivity contribution in [2.24, 2.45) is 0 Å². The summed E-state index contributed by atoms with van der Waals surface area (Å²) < 4.78 is 4.65. The van der Waals surface area contributed by atoms with Gasteiger partial charge in [0.2, 0.25) is 5.91 Å². The van der Waals surface area contributed by atoms with E-state index < -0.39 is 23.4 Å². The van der Waals surface area contributed by atoms with Crippen molar-refractivity contribution in [2.45, 2.75) is 31.3 Å². The quantitative estimate of drug-likeness (QED) is 0.567. The summed E-state index contributed by atoms with van der Waals surface area (Å²) in [5.41, 5.74) is 1.96. The van der Waals surface area contributed by atoms with Crippen molar-refractivity contribution < 1.29 is 23.9 Å². The predicted molar refractivity (Wildman–Crippen MR) is 111 cm³/mol. The van der Waals surface area contributed by atoms with Gasteiger partial charge < -0.3 is 15.4 Å².